The molecular weight excluding hydrogens is 557 g/mol. The smallest absolute Gasteiger partial charge is 0.303 e. The number of unbranched alkanes of at least 4 members (excludes halogenated alkanes) is 2. The standard InChI is InChI=1S/C27H28N4O5S3/c1-29(2)39(35,36)22-13-9-10-19(16-22)25-20(18-31(28-25)21-11-5-3-6-12-21)17-23-26(34)30(27(37)38-23)15-8-4-7-14-24(32)33/h3,5-6,9-13,16-18H,4,7-8,14-15H2,1-2H3,(H,32,33). The maximum absolute atomic E-state index is 13.2. The summed E-state index contributed by atoms with van der Waals surface area (Å²) in [6.07, 6.45) is 5.52. The quantitative estimate of drug-likeness (QED) is 0.197. The number of carbonyl (C=O) groups excluding carboxylic acids is 1. The van der Waals surface area contributed by atoms with Crippen LogP contribution in [0.4, 0.5) is 0 Å². The summed E-state index contributed by atoms with van der Waals surface area (Å²) in [5.74, 6) is -1.05. The molecule has 0 unspecified atom stereocenters. The maximum Gasteiger partial charge on any atom is 0.303 e. The monoisotopic (exact) mass is 584 g/mol. The van der Waals surface area contributed by atoms with Crippen LogP contribution in [0.15, 0.2) is 70.6 Å². The maximum atomic E-state index is 13.2. The Morgan fingerprint density at radius 3 is 2.54 bits per heavy atom. The van der Waals surface area contributed by atoms with Gasteiger partial charge in [-0.1, -0.05) is 60.7 Å². The number of carboxylic acids is 1. The normalized spacial score (nSPS) is 15.1. The molecule has 1 amide bonds. The van der Waals surface area contributed by atoms with Crippen LogP contribution in [-0.2, 0) is 19.6 Å². The third kappa shape index (κ3) is 6.64. The Bertz CT molecular complexity index is 1530. The number of thioether (sulfide) groups is 1. The molecule has 4 rings (SSSR count). The van der Waals surface area contributed by atoms with Gasteiger partial charge in [-0.15, -0.1) is 0 Å². The molecule has 3 aromatic rings. The van der Waals surface area contributed by atoms with Gasteiger partial charge < -0.3 is 5.11 Å². The van der Waals surface area contributed by atoms with Gasteiger partial charge in [0.1, 0.15) is 10.0 Å². The predicted octanol–water partition coefficient (Wildman–Crippen LogP) is 4.64. The Morgan fingerprint density at radius 1 is 1.10 bits per heavy atom. The van der Waals surface area contributed by atoms with E-state index in [1.54, 1.807) is 35.2 Å². The van der Waals surface area contributed by atoms with Gasteiger partial charge in [0, 0.05) is 44.4 Å². The minimum absolute atomic E-state index is 0.101. The van der Waals surface area contributed by atoms with Crippen molar-refractivity contribution in [2.45, 2.75) is 30.6 Å². The number of sulfonamides is 1. The molecule has 1 fully saturated rings. The Balaban J connectivity index is 1.68. The van der Waals surface area contributed by atoms with Crippen molar-refractivity contribution >= 4 is 56.3 Å². The van der Waals surface area contributed by atoms with Crippen LogP contribution >= 0.6 is 24.0 Å². The second-order valence-electron chi connectivity index (χ2n) is 9.07. The number of hydrogen-bond acceptors (Lipinski definition) is 7. The first-order valence-corrected chi connectivity index (χ1v) is 14.9. The average molecular weight is 585 g/mol. The second kappa shape index (κ2) is 12.2. The van der Waals surface area contributed by atoms with Crippen molar-refractivity contribution in [3.63, 3.8) is 0 Å². The molecule has 0 radical (unpaired) electrons. The van der Waals surface area contributed by atoms with Crippen LogP contribution in [0.5, 0.6) is 0 Å². The third-order valence-corrected chi connectivity index (χ3v) is 9.27. The molecule has 39 heavy (non-hydrogen) atoms. The molecule has 1 aliphatic rings. The van der Waals surface area contributed by atoms with Crippen molar-refractivity contribution in [3.8, 4) is 16.9 Å². The largest absolute Gasteiger partial charge is 0.481 e. The zero-order valence-corrected chi connectivity index (χ0v) is 23.9. The van der Waals surface area contributed by atoms with Crippen molar-refractivity contribution in [2.24, 2.45) is 0 Å². The van der Waals surface area contributed by atoms with E-state index in [1.165, 1.54) is 36.8 Å². The number of amides is 1. The van der Waals surface area contributed by atoms with E-state index in [0.29, 0.717) is 51.9 Å². The fourth-order valence-corrected chi connectivity index (χ4v) is 6.25. The van der Waals surface area contributed by atoms with Gasteiger partial charge in [0.2, 0.25) is 10.0 Å². The van der Waals surface area contributed by atoms with Crippen LogP contribution in [0.2, 0.25) is 0 Å². The van der Waals surface area contributed by atoms with Crippen LogP contribution in [0.3, 0.4) is 0 Å². The lowest BCUT2D eigenvalue weighted by Gasteiger charge is -2.13. The number of carbonyl (C=O) groups is 2. The molecular formula is C27H28N4O5S3. The molecule has 1 aliphatic heterocycles. The highest BCUT2D eigenvalue weighted by Crippen LogP contribution is 2.35. The Labute approximate surface area is 237 Å². The summed E-state index contributed by atoms with van der Waals surface area (Å²) in [7, 11) is -0.705. The molecule has 12 heteroatoms. The number of hydrogen-bond donors (Lipinski definition) is 1. The van der Waals surface area contributed by atoms with Gasteiger partial charge in [-0.05, 0) is 43.2 Å². The number of aliphatic carboxylic acids is 1. The average Bonchev–Trinajstić information content (AvgIpc) is 3.45. The van der Waals surface area contributed by atoms with Crippen molar-refractivity contribution in [3.05, 3.63) is 71.3 Å². The highest BCUT2D eigenvalue weighted by molar-refractivity contribution is 8.26. The fourth-order valence-electron chi connectivity index (χ4n) is 4.00. The van der Waals surface area contributed by atoms with Crippen LogP contribution in [-0.4, -0.2) is 69.3 Å². The molecule has 0 saturated carbocycles. The molecule has 0 bridgehead atoms. The van der Waals surface area contributed by atoms with Gasteiger partial charge in [0.05, 0.1) is 15.5 Å². The number of thiocarbonyl (C=S) groups is 1. The summed E-state index contributed by atoms with van der Waals surface area (Å²) in [4.78, 5) is 26.1. The molecule has 2 heterocycles. The molecule has 2 aromatic carbocycles. The second-order valence-corrected chi connectivity index (χ2v) is 12.9. The lowest BCUT2D eigenvalue weighted by atomic mass is 10.1. The number of aromatic nitrogens is 2. The van der Waals surface area contributed by atoms with Crippen molar-refractivity contribution < 1.29 is 23.1 Å². The molecule has 1 aromatic heterocycles. The van der Waals surface area contributed by atoms with Crippen molar-refractivity contribution in [1.82, 2.24) is 19.0 Å². The van der Waals surface area contributed by atoms with E-state index in [4.69, 9.17) is 22.4 Å². The zero-order chi connectivity index (χ0) is 28.2. The molecule has 0 atom stereocenters. The van der Waals surface area contributed by atoms with Crippen molar-refractivity contribution in [2.75, 3.05) is 20.6 Å². The highest BCUT2D eigenvalue weighted by atomic mass is 32.2. The molecule has 0 spiro atoms. The van der Waals surface area contributed by atoms with Crippen LogP contribution < -0.4 is 0 Å². The summed E-state index contributed by atoms with van der Waals surface area (Å²) in [6, 6.07) is 16.0. The minimum atomic E-state index is -3.66. The van der Waals surface area contributed by atoms with Gasteiger partial charge >= 0.3 is 5.97 Å². The van der Waals surface area contributed by atoms with E-state index >= 15 is 0 Å². The molecule has 204 valence electrons. The molecule has 9 nitrogen and oxygen atoms in total. The molecule has 0 aliphatic carbocycles. The van der Waals surface area contributed by atoms with Crippen LogP contribution in [0.1, 0.15) is 31.2 Å². The lowest BCUT2D eigenvalue weighted by molar-refractivity contribution is -0.137. The SMILES string of the molecule is CN(C)S(=O)(=O)c1cccc(-c2nn(-c3ccccc3)cc2C=C2SC(=S)N(CCCCCC(=O)O)C2=O)c1. The first-order chi connectivity index (χ1) is 18.6. The van der Waals surface area contributed by atoms with E-state index < -0.39 is 16.0 Å². The number of nitrogens with zero attached hydrogens (tertiary/aromatic N) is 4. The van der Waals surface area contributed by atoms with E-state index in [-0.39, 0.29) is 17.2 Å². The number of benzene rings is 2. The van der Waals surface area contributed by atoms with Gasteiger partial charge in [-0.2, -0.15) is 5.10 Å². The highest BCUT2D eigenvalue weighted by Gasteiger charge is 2.32. The molecule has 1 saturated heterocycles. The fraction of sp³-hybridized carbons (Fsp3) is 0.259. The summed E-state index contributed by atoms with van der Waals surface area (Å²) < 4.78 is 28.8. The van der Waals surface area contributed by atoms with Gasteiger partial charge in [0.25, 0.3) is 5.91 Å². The summed E-state index contributed by atoms with van der Waals surface area (Å²) in [6.45, 7) is 0.419. The van der Waals surface area contributed by atoms with Gasteiger partial charge in [0.15, 0.2) is 0 Å². The van der Waals surface area contributed by atoms with Gasteiger partial charge in [-0.3, -0.25) is 14.5 Å². The topological polar surface area (TPSA) is 113 Å². The van der Waals surface area contributed by atoms with E-state index in [1.807, 2.05) is 30.3 Å². The Kier molecular flexibility index (Phi) is 9.01. The van der Waals surface area contributed by atoms with Crippen molar-refractivity contribution in [1.29, 1.82) is 0 Å². The van der Waals surface area contributed by atoms with E-state index in [9.17, 15) is 18.0 Å². The summed E-state index contributed by atoms with van der Waals surface area (Å²) in [5.41, 5.74) is 2.56. The number of rotatable bonds is 11. The summed E-state index contributed by atoms with van der Waals surface area (Å²) in [5, 5.41) is 13.6. The Hall–Kier alpha value is -3.32. The van der Waals surface area contributed by atoms with E-state index in [0.717, 1.165) is 9.99 Å². The van der Waals surface area contributed by atoms with Gasteiger partial charge in [-0.25, -0.2) is 17.4 Å². The first-order valence-electron chi connectivity index (χ1n) is 12.2. The summed E-state index contributed by atoms with van der Waals surface area (Å²) >= 11 is 6.66. The Morgan fingerprint density at radius 2 is 1.85 bits per heavy atom. The predicted molar refractivity (Wildman–Crippen MR) is 156 cm³/mol. The number of para-hydroxylation sites is 1. The van der Waals surface area contributed by atoms with E-state index in [2.05, 4.69) is 0 Å². The third-order valence-electron chi connectivity index (χ3n) is 6.08. The van der Waals surface area contributed by atoms with Crippen LogP contribution in [0, 0.1) is 0 Å². The minimum Gasteiger partial charge on any atom is -0.481 e. The molecule has 1 N–H and O–H groups in total. The number of carboxylic acid groups (broad SMARTS) is 1. The van der Waals surface area contributed by atoms with Crippen LogP contribution in [0.25, 0.3) is 23.0 Å². The zero-order valence-electron chi connectivity index (χ0n) is 21.5. The first kappa shape index (κ1) is 28.7. The lowest BCUT2D eigenvalue weighted by Crippen LogP contribution is -2.29.